The Labute approximate surface area is 110 Å². The van der Waals surface area contributed by atoms with Gasteiger partial charge in [-0.1, -0.05) is 0 Å². The Morgan fingerprint density at radius 3 is 2.42 bits per heavy atom. The number of nitrogens with two attached hydrogens (primary N) is 1. The number of anilines is 1. The molecule has 0 heterocycles. The molecule has 0 spiro atoms. The first-order chi connectivity index (χ1) is 8.49. The zero-order valence-electron chi connectivity index (χ0n) is 10.7. The van der Waals surface area contributed by atoms with Crippen molar-refractivity contribution in [2.24, 2.45) is 5.14 Å². The molecule has 0 aliphatic rings. The van der Waals surface area contributed by atoms with Gasteiger partial charge >= 0.3 is 6.09 Å². The first-order valence-corrected chi connectivity index (χ1v) is 6.86. The lowest BCUT2D eigenvalue weighted by molar-refractivity contribution is 0.0635. The van der Waals surface area contributed by atoms with Crippen LogP contribution in [0.2, 0.25) is 0 Å². The van der Waals surface area contributed by atoms with Crippen LogP contribution in [0.3, 0.4) is 0 Å². The fourth-order valence-corrected chi connectivity index (χ4v) is 1.95. The Balaban J connectivity index is 3.06. The summed E-state index contributed by atoms with van der Waals surface area (Å²) >= 11 is 0. The van der Waals surface area contributed by atoms with Crippen LogP contribution in [0.5, 0.6) is 0 Å². The quantitative estimate of drug-likeness (QED) is 0.867. The summed E-state index contributed by atoms with van der Waals surface area (Å²) in [5, 5.41) is 7.16. The van der Waals surface area contributed by atoms with Gasteiger partial charge in [0.2, 0.25) is 10.0 Å². The molecule has 3 N–H and O–H groups in total. The zero-order valence-corrected chi connectivity index (χ0v) is 11.5. The third kappa shape index (κ3) is 4.84. The van der Waals surface area contributed by atoms with E-state index in [0.29, 0.717) is 0 Å². The molecule has 0 unspecified atom stereocenters. The van der Waals surface area contributed by atoms with Crippen LogP contribution < -0.4 is 10.5 Å². The maximum atomic E-state index is 13.0. The summed E-state index contributed by atoms with van der Waals surface area (Å²) in [7, 11) is -4.16. The van der Waals surface area contributed by atoms with E-state index in [2.05, 4.69) is 5.32 Å². The van der Waals surface area contributed by atoms with Crippen LogP contribution in [0, 0.1) is 5.82 Å². The minimum atomic E-state index is -4.16. The number of primary sulfonamides is 1. The predicted molar refractivity (Wildman–Crippen MR) is 67.6 cm³/mol. The number of carbonyl (C=O) groups is 1. The smallest absolute Gasteiger partial charge is 0.412 e. The van der Waals surface area contributed by atoms with Gasteiger partial charge in [0.1, 0.15) is 16.3 Å². The number of rotatable bonds is 2. The number of carbonyl (C=O) groups excluding carboxylic acids is 1. The van der Waals surface area contributed by atoms with E-state index in [-0.39, 0.29) is 5.69 Å². The molecule has 0 radical (unpaired) electrons. The number of nitrogens with one attached hydrogen (secondary N) is 1. The Hall–Kier alpha value is -1.67. The summed E-state index contributed by atoms with van der Waals surface area (Å²) in [5.74, 6) is -0.779. The number of hydrogen-bond donors (Lipinski definition) is 2. The van der Waals surface area contributed by atoms with Crippen molar-refractivity contribution in [1.82, 2.24) is 0 Å². The van der Waals surface area contributed by atoms with E-state index in [1.165, 1.54) is 0 Å². The van der Waals surface area contributed by atoms with Gasteiger partial charge in [-0.25, -0.2) is 22.7 Å². The average Bonchev–Trinajstić information content (AvgIpc) is 2.16. The SMILES string of the molecule is CC(C)(C)OC(=O)Nc1ccc(F)cc1S(N)(=O)=O. The molecular weight excluding hydrogens is 275 g/mol. The maximum Gasteiger partial charge on any atom is 0.412 e. The topological polar surface area (TPSA) is 98.5 Å². The van der Waals surface area contributed by atoms with Crippen molar-refractivity contribution >= 4 is 21.8 Å². The summed E-state index contributed by atoms with van der Waals surface area (Å²) in [6, 6.07) is 2.82. The van der Waals surface area contributed by atoms with Crippen molar-refractivity contribution in [3.05, 3.63) is 24.0 Å². The van der Waals surface area contributed by atoms with Crippen LogP contribution in [-0.4, -0.2) is 20.1 Å². The van der Waals surface area contributed by atoms with Gasteiger partial charge in [-0.05, 0) is 39.0 Å². The molecule has 0 bridgehead atoms. The molecule has 106 valence electrons. The molecule has 0 aliphatic carbocycles. The third-order valence-corrected chi connectivity index (χ3v) is 2.84. The van der Waals surface area contributed by atoms with Crippen molar-refractivity contribution in [2.45, 2.75) is 31.3 Å². The highest BCUT2D eigenvalue weighted by Gasteiger charge is 2.20. The van der Waals surface area contributed by atoms with Crippen LogP contribution in [0.4, 0.5) is 14.9 Å². The molecule has 0 aromatic heterocycles. The number of amides is 1. The van der Waals surface area contributed by atoms with Gasteiger partial charge in [0, 0.05) is 0 Å². The first kappa shape index (κ1) is 15.4. The lowest BCUT2D eigenvalue weighted by Gasteiger charge is -2.20. The number of halogens is 1. The number of hydrogen-bond acceptors (Lipinski definition) is 4. The third-order valence-electron chi connectivity index (χ3n) is 1.89. The molecule has 1 aromatic rings. The molecule has 0 fully saturated rings. The highest BCUT2D eigenvalue weighted by atomic mass is 32.2. The molecule has 19 heavy (non-hydrogen) atoms. The van der Waals surface area contributed by atoms with Gasteiger partial charge in [0.15, 0.2) is 0 Å². The molecule has 1 rings (SSSR count). The van der Waals surface area contributed by atoms with Crippen LogP contribution >= 0.6 is 0 Å². The van der Waals surface area contributed by atoms with E-state index in [1.807, 2.05) is 0 Å². The van der Waals surface area contributed by atoms with Crippen LogP contribution in [0.15, 0.2) is 23.1 Å². The zero-order chi connectivity index (χ0) is 14.8. The highest BCUT2D eigenvalue weighted by Crippen LogP contribution is 2.22. The fraction of sp³-hybridized carbons (Fsp3) is 0.364. The standard InChI is InChI=1S/C11H15FN2O4S/c1-11(2,3)18-10(15)14-8-5-4-7(12)6-9(8)19(13,16)17/h4-6H,1-3H3,(H,14,15)(H2,13,16,17). The van der Waals surface area contributed by atoms with Gasteiger partial charge in [0.05, 0.1) is 5.69 Å². The van der Waals surface area contributed by atoms with Crippen molar-refractivity contribution in [3.63, 3.8) is 0 Å². The molecule has 1 amide bonds. The van der Waals surface area contributed by atoms with Gasteiger partial charge in [-0.3, -0.25) is 5.32 Å². The van der Waals surface area contributed by atoms with Gasteiger partial charge in [-0.2, -0.15) is 0 Å². The Kier molecular flexibility index (Phi) is 4.16. The summed E-state index contributed by atoms with van der Waals surface area (Å²) in [5.41, 5.74) is -0.885. The van der Waals surface area contributed by atoms with Crippen molar-refractivity contribution in [3.8, 4) is 0 Å². The summed E-state index contributed by atoms with van der Waals surface area (Å²) < 4.78 is 40.6. The minimum Gasteiger partial charge on any atom is -0.444 e. The summed E-state index contributed by atoms with van der Waals surface area (Å²) in [6.45, 7) is 4.95. The Morgan fingerprint density at radius 1 is 1.37 bits per heavy atom. The van der Waals surface area contributed by atoms with Crippen molar-refractivity contribution in [2.75, 3.05) is 5.32 Å². The van der Waals surface area contributed by atoms with E-state index in [4.69, 9.17) is 9.88 Å². The van der Waals surface area contributed by atoms with Crippen LogP contribution in [-0.2, 0) is 14.8 Å². The van der Waals surface area contributed by atoms with Gasteiger partial charge in [-0.15, -0.1) is 0 Å². The van der Waals surface area contributed by atoms with Crippen LogP contribution in [0.1, 0.15) is 20.8 Å². The van der Waals surface area contributed by atoms with Gasteiger partial charge < -0.3 is 4.74 Å². The first-order valence-electron chi connectivity index (χ1n) is 5.31. The Morgan fingerprint density at radius 2 is 1.95 bits per heavy atom. The van der Waals surface area contributed by atoms with E-state index < -0.39 is 32.4 Å². The number of ether oxygens (including phenoxy) is 1. The van der Waals surface area contributed by atoms with Gasteiger partial charge in [0.25, 0.3) is 0 Å². The molecule has 0 aliphatic heterocycles. The Bertz CT molecular complexity index is 593. The summed E-state index contributed by atoms with van der Waals surface area (Å²) in [6.07, 6.45) is -0.857. The fourth-order valence-electron chi connectivity index (χ4n) is 1.25. The van der Waals surface area contributed by atoms with Crippen molar-refractivity contribution < 1.29 is 22.3 Å². The second-order valence-corrected chi connectivity index (χ2v) is 6.34. The molecule has 1 aromatic carbocycles. The van der Waals surface area contributed by atoms with E-state index in [9.17, 15) is 17.6 Å². The molecule has 0 saturated carbocycles. The largest absolute Gasteiger partial charge is 0.444 e. The molecular formula is C11H15FN2O4S. The number of sulfonamides is 1. The predicted octanol–water partition coefficient (Wildman–Crippen LogP) is 1.82. The molecule has 6 nitrogen and oxygen atoms in total. The molecule has 0 saturated heterocycles. The van der Waals surface area contributed by atoms with Crippen molar-refractivity contribution in [1.29, 1.82) is 0 Å². The maximum absolute atomic E-state index is 13.0. The highest BCUT2D eigenvalue weighted by molar-refractivity contribution is 7.89. The second-order valence-electron chi connectivity index (χ2n) is 4.81. The van der Waals surface area contributed by atoms with E-state index >= 15 is 0 Å². The van der Waals surface area contributed by atoms with Crippen LogP contribution in [0.25, 0.3) is 0 Å². The lowest BCUT2D eigenvalue weighted by atomic mass is 10.2. The monoisotopic (exact) mass is 290 g/mol. The molecule has 8 heteroatoms. The lowest BCUT2D eigenvalue weighted by Crippen LogP contribution is -2.28. The van der Waals surface area contributed by atoms with E-state index in [0.717, 1.165) is 18.2 Å². The number of benzene rings is 1. The molecule has 0 atom stereocenters. The second kappa shape index (κ2) is 5.14. The summed E-state index contributed by atoms with van der Waals surface area (Å²) in [4.78, 5) is 11.0. The normalized spacial score (nSPS) is 12.1. The average molecular weight is 290 g/mol. The minimum absolute atomic E-state index is 0.141. The van der Waals surface area contributed by atoms with E-state index in [1.54, 1.807) is 20.8 Å².